The summed E-state index contributed by atoms with van der Waals surface area (Å²) in [5.41, 5.74) is 2.80. The van der Waals surface area contributed by atoms with E-state index in [-0.39, 0.29) is 17.6 Å². The van der Waals surface area contributed by atoms with E-state index in [4.69, 9.17) is 4.74 Å². The number of hydrogen-bond donors (Lipinski definition) is 2. The number of carbonyl (C=O) groups excluding carboxylic acids is 1. The number of likely N-dealkylation sites (N-methyl/N-ethyl adjacent to an activating group) is 1. The van der Waals surface area contributed by atoms with E-state index < -0.39 is 6.04 Å². The van der Waals surface area contributed by atoms with Gasteiger partial charge in [0.15, 0.2) is 0 Å². The lowest BCUT2D eigenvalue weighted by Crippen LogP contribution is -2.43. The van der Waals surface area contributed by atoms with Crippen LogP contribution in [0.25, 0.3) is 11.0 Å². The molecule has 4 aromatic rings. The number of ether oxygens (including phenoxy) is 1. The molecule has 2 unspecified atom stereocenters. The summed E-state index contributed by atoms with van der Waals surface area (Å²) in [5.74, 6) is 1.000. The quantitative estimate of drug-likeness (QED) is 0.451. The van der Waals surface area contributed by atoms with Gasteiger partial charge in [0, 0.05) is 49.0 Å². The maximum absolute atomic E-state index is 13.3. The average molecular weight is 483 g/mol. The van der Waals surface area contributed by atoms with Crippen molar-refractivity contribution in [1.82, 2.24) is 19.9 Å². The highest BCUT2D eigenvalue weighted by Gasteiger charge is 2.33. The van der Waals surface area contributed by atoms with Gasteiger partial charge in [-0.3, -0.25) is 14.2 Å². The van der Waals surface area contributed by atoms with E-state index in [0.717, 1.165) is 42.2 Å². The van der Waals surface area contributed by atoms with Crippen molar-refractivity contribution in [3.63, 3.8) is 0 Å². The standard InChI is InChI=1S/C27H26N6O3/c1-32-22-5-3-2-4-17(22)14-23(26(32)35)33-24(34)11-6-18-15-29-27(31-25(18)33)30-19-7-9-20(10-8-19)36-21-12-13-28-16-21/h2-11,15,21,23,28H,12-14,16H2,1H3,(H,29,30,31). The topological polar surface area (TPSA) is 101 Å². The normalized spacial score (nSPS) is 19.4. The van der Waals surface area contributed by atoms with Gasteiger partial charge in [0.05, 0.1) is 0 Å². The SMILES string of the molecule is CN1C(=O)C(n2c(=O)ccc3cnc(Nc4ccc(OC5CCNC5)cc4)nc32)Cc2ccccc21. The van der Waals surface area contributed by atoms with Crippen LogP contribution in [-0.2, 0) is 11.2 Å². The third-order valence-corrected chi connectivity index (χ3v) is 6.79. The average Bonchev–Trinajstić information content (AvgIpc) is 3.41. The van der Waals surface area contributed by atoms with Crippen molar-refractivity contribution in [2.24, 2.45) is 0 Å². The minimum atomic E-state index is -0.689. The molecule has 2 aromatic heterocycles. The van der Waals surface area contributed by atoms with Crippen LogP contribution in [0.15, 0.2) is 71.7 Å². The summed E-state index contributed by atoms with van der Waals surface area (Å²) >= 11 is 0. The highest BCUT2D eigenvalue weighted by Crippen LogP contribution is 2.32. The number of hydrogen-bond acceptors (Lipinski definition) is 7. The van der Waals surface area contributed by atoms with E-state index in [1.165, 1.54) is 10.6 Å². The molecule has 1 fully saturated rings. The third kappa shape index (κ3) is 4.07. The van der Waals surface area contributed by atoms with Gasteiger partial charge >= 0.3 is 0 Å². The van der Waals surface area contributed by atoms with Crippen molar-refractivity contribution in [3.8, 4) is 5.75 Å². The van der Waals surface area contributed by atoms with Gasteiger partial charge in [0.1, 0.15) is 23.5 Å². The molecular formula is C27H26N6O3. The summed E-state index contributed by atoms with van der Waals surface area (Å²) < 4.78 is 7.47. The van der Waals surface area contributed by atoms with Crippen molar-refractivity contribution in [3.05, 3.63) is 82.8 Å². The Kier molecular flexibility index (Phi) is 5.61. The van der Waals surface area contributed by atoms with Crippen LogP contribution in [0.3, 0.4) is 0 Å². The molecule has 9 heteroatoms. The van der Waals surface area contributed by atoms with E-state index in [9.17, 15) is 9.59 Å². The lowest BCUT2D eigenvalue weighted by atomic mass is 9.97. The second-order valence-electron chi connectivity index (χ2n) is 9.14. The Balaban J connectivity index is 1.31. The second-order valence-corrected chi connectivity index (χ2v) is 9.14. The molecule has 0 spiro atoms. The third-order valence-electron chi connectivity index (χ3n) is 6.79. The van der Waals surface area contributed by atoms with E-state index >= 15 is 0 Å². The van der Waals surface area contributed by atoms with Crippen LogP contribution < -0.4 is 25.8 Å². The number of benzene rings is 2. The molecule has 2 aromatic carbocycles. The number of nitrogens with zero attached hydrogens (tertiary/aromatic N) is 4. The molecule has 36 heavy (non-hydrogen) atoms. The maximum Gasteiger partial charge on any atom is 0.252 e. The van der Waals surface area contributed by atoms with Crippen LogP contribution in [0.1, 0.15) is 18.0 Å². The van der Waals surface area contributed by atoms with Crippen molar-refractivity contribution in [1.29, 1.82) is 0 Å². The smallest absolute Gasteiger partial charge is 0.252 e. The lowest BCUT2D eigenvalue weighted by molar-refractivity contribution is -0.121. The summed E-state index contributed by atoms with van der Waals surface area (Å²) in [6.45, 7) is 1.83. The Hall–Kier alpha value is -4.24. The molecule has 2 aliphatic rings. The summed E-state index contributed by atoms with van der Waals surface area (Å²) in [5, 5.41) is 7.18. The van der Waals surface area contributed by atoms with Gasteiger partial charge < -0.3 is 20.3 Å². The van der Waals surface area contributed by atoms with E-state index in [1.807, 2.05) is 48.5 Å². The predicted molar refractivity (Wildman–Crippen MR) is 138 cm³/mol. The molecule has 0 radical (unpaired) electrons. The number of rotatable bonds is 5. The molecule has 2 aliphatic heterocycles. The largest absolute Gasteiger partial charge is 0.489 e. The molecule has 9 nitrogen and oxygen atoms in total. The molecule has 1 amide bonds. The van der Waals surface area contributed by atoms with E-state index in [1.54, 1.807) is 24.2 Å². The molecule has 0 bridgehead atoms. The molecular weight excluding hydrogens is 456 g/mol. The van der Waals surface area contributed by atoms with Crippen molar-refractivity contribution >= 4 is 34.3 Å². The second kappa shape index (κ2) is 9.09. The summed E-state index contributed by atoms with van der Waals surface area (Å²) in [4.78, 5) is 37.0. The zero-order valence-corrected chi connectivity index (χ0v) is 19.8. The zero-order valence-electron chi connectivity index (χ0n) is 19.8. The van der Waals surface area contributed by atoms with Crippen molar-refractivity contribution < 1.29 is 9.53 Å². The Bertz CT molecular complexity index is 1490. The first kappa shape index (κ1) is 22.2. The first-order valence-corrected chi connectivity index (χ1v) is 12.0. The fourth-order valence-corrected chi connectivity index (χ4v) is 4.92. The first-order valence-electron chi connectivity index (χ1n) is 12.0. The highest BCUT2D eigenvalue weighted by molar-refractivity contribution is 5.99. The van der Waals surface area contributed by atoms with Crippen LogP contribution >= 0.6 is 0 Å². The van der Waals surface area contributed by atoms with Crippen LogP contribution in [-0.4, -0.2) is 46.7 Å². The number of anilines is 3. The number of pyridine rings is 1. The highest BCUT2D eigenvalue weighted by atomic mass is 16.5. The number of carbonyl (C=O) groups is 1. The number of amides is 1. The number of fused-ring (bicyclic) bond motifs is 2. The first-order chi connectivity index (χ1) is 17.6. The number of aromatic nitrogens is 3. The fourth-order valence-electron chi connectivity index (χ4n) is 4.92. The van der Waals surface area contributed by atoms with Crippen LogP contribution in [0, 0.1) is 0 Å². The van der Waals surface area contributed by atoms with E-state index in [0.29, 0.717) is 23.4 Å². The van der Waals surface area contributed by atoms with Crippen LogP contribution in [0.5, 0.6) is 5.75 Å². The van der Waals surface area contributed by atoms with Crippen LogP contribution in [0.2, 0.25) is 0 Å². The molecule has 4 heterocycles. The Morgan fingerprint density at radius 2 is 1.89 bits per heavy atom. The molecule has 6 rings (SSSR count). The Morgan fingerprint density at radius 1 is 1.06 bits per heavy atom. The van der Waals surface area contributed by atoms with Crippen molar-refractivity contribution in [2.45, 2.75) is 25.0 Å². The summed E-state index contributed by atoms with van der Waals surface area (Å²) in [7, 11) is 1.74. The summed E-state index contributed by atoms with van der Waals surface area (Å²) in [6.07, 6.45) is 3.27. The van der Waals surface area contributed by atoms with Gasteiger partial charge in [0.25, 0.3) is 5.56 Å². The fraction of sp³-hybridized carbons (Fsp3) is 0.259. The minimum absolute atomic E-state index is 0.149. The van der Waals surface area contributed by atoms with Gasteiger partial charge in [-0.25, -0.2) is 4.98 Å². The number of para-hydroxylation sites is 1. The molecule has 2 atom stereocenters. The Labute approximate surface area is 207 Å². The van der Waals surface area contributed by atoms with Gasteiger partial charge in [-0.1, -0.05) is 18.2 Å². The maximum atomic E-state index is 13.3. The molecule has 1 saturated heterocycles. The molecule has 0 aliphatic carbocycles. The monoisotopic (exact) mass is 482 g/mol. The lowest BCUT2D eigenvalue weighted by Gasteiger charge is -2.32. The van der Waals surface area contributed by atoms with Crippen LogP contribution in [0.4, 0.5) is 17.3 Å². The molecule has 0 saturated carbocycles. The van der Waals surface area contributed by atoms with Gasteiger partial charge in [-0.2, -0.15) is 4.98 Å². The molecule has 2 N–H and O–H groups in total. The number of nitrogens with one attached hydrogen (secondary N) is 2. The van der Waals surface area contributed by atoms with Gasteiger partial charge in [-0.05, 0) is 54.9 Å². The summed E-state index contributed by atoms with van der Waals surface area (Å²) in [6, 6.07) is 17.8. The Morgan fingerprint density at radius 3 is 2.69 bits per heavy atom. The zero-order chi connectivity index (χ0) is 24.6. The minimum Gasteiger partial charge on any atom is -0.489 e. The van der Waals surface area contributed by atoms with Crippen molar-refractivity contribution in [2.75, 3.05) is 30.4 Å². The van der Waals surface area contributed by atoms with Gasteiger partial charge in [0.2, 0.25) is 11.9 Å². The van der Waals surface area contributed by atoms with E-state index in [2.05, 4.69) is 20.6 Å². The van der Waals surface area contributed by atoms with Gasteiger partial charge in [-0.15, -0.1) is 0 Å². The molecule has 182 valence electrons. The predicted octanol–water partition coefficient (Wildman–Crippen LogP) is 3.04.